The molecule has 0 bridgehead atoms. The first-order chi connectivity index (χ1) is 7.86. The van der Waals surface area contributed by atoms with E-state index in [1.54, 1.807) is 31.1 Å². The number of carbonyl (C=O) groups is 1. The molecule has 0 atom stereocenters. The Morgan fingerprint density at radius 2 is 1.88 bits per heavy atom. The third-order valence-electron chi connectivity index (χ3n) is 2.84. The first kappa shape index (κ1) is 13.6. The van der Waals surface area contributed by atoms with Crippen LogP contribution in [0.2, 0.25) is 0 Å². The lowest BCUT2D eigenvalue weighted by molar-refractivity contribution is -0.136. The monoisotopic (exact) mass is 238 g/mol. The Morgan fingerprint density at radius 1 is 1.35 bits per heavy atom. The van der Waals surface area contributed by atoms with Gasteiger partial charge in [0.25, 0.3) is 0 Å². The van der Waals surface area contributed by atoms with Gasteiger partial charge in [0.15, 0.2) is 0 Å². The summed E-state index contributed by atoms with van der Waals surface area (Å²) in [5.74, 6) is -0.261. The maximum Gasteiger partial charge on any atom is 0.242 e. The summed E-state index contributed by atoms with van der Waals surface area (Å²) >= 11 is 0. The Bertz CT molecular complexity index is 387. The number of benzene rings is 1. The molecule has 0 aliphatic heterocycles. The van der Waals surface area contributed by atoms with Crippen molar-refractivity contribution in [2.24, 2.45) is 0 Å². The van der Waals surface area contributed by atoms with Crippen molar-refractivity contribution >= 4 is 5.91 Å². The van der Waals surface area contributed by atoms with E-state index in [9.17, 15) is 9.18 Å². The van der Waals surface area contributed by atoms with Crippen molar-refractivity contribution in [2.45, 2.75) is 25.9 Å². The van der Waals surface area contributed by atoms with E-state index in [0.29, 0.717) is 6.54 Å². The molecule has 4 heteroatoms. The van der Waals surface area contributed by atoms with Crippen molar-refractivity contribution in [3.8, 4) is 0 Å². The average molecular weight is 238 g/mol. The minimum absolute atomic E-state index is 0.00400. The van der Waals surface area contributed by atoms with Gasteiger partial charge < -0.3 is 10.2 Å². The highest BCUT2D eigenvalue weighted by Gasteiger charge is 2.28. The number of nitrogens with one attached hydrogen (secondary N) is 1. The maximum absolute atomic E-state index is 12.7. The zero-order valence-electron chi connectivity index (χ0n) is 10.7. The van der Waals surface area contributed by atoms with Crippen LogP contribution in [0.3, 0.4) is 0 Å². The Kier molecular flexibility index (Phi) is 4.23. The van der Waals surface area contributed by atoms with Crippen LogP contribution in [0.4, 0.5) is 4.39 Å². The molecule has 0 saturated carbocycles. The van der Waals surface area contributed by atoms with Crippen molar-refractivity contribution in [3.63, 3.8) is 0 Å². The molecule has 1 N–H and O–H groups in total. The van der Waals surface area contributed by atoms with Crippen LogP contribution in [-0.4, -0.2) is 30.4 Å². The highest BCUT2D eigenvalue weighted by atomic mass is 19.1. The lowest BCUT2D eigenvalue weighted by Crippen LogP contribution is -2.51. The van der Waals surface area contributed by atoms with Crippen molar-refractivity contribution in [1.29, 1.82) is 0 Å². The van der Waals surface area contributed by atoms with E-state index in [1.807, 2.05) is 13.8 Å². The van der Waals surface area contributed by atoms with E-state index in [2.05, 4.69) is 5.32 Å². The summed E-state index contributed by atoms with van der Waals surface area (Å²) in [5.41, 5.74) is 0.323. The van der Waals surface area contributed by atoms with Crippen LogP contribution < -0.4 is 5.32 Å². The maximum atomic E-state index is 12.7. The Hall–Kier alpha value is -1.42. The van der Waals surface area contributed by atoms with E-state index < -0.39 is 5.54 Å². The quantitative estimate of drug-likeness (QED) is 0.867. The number of rotatable bonds is 4. The van der Waals surface area contributed by atoms with E-state index in [-0.39, 0.29) is 11.7 Å². The number of hydrogen-bond donors (Lipinski definition) is 1. The van der Waals surface area contributed by atoms with Crippen LogP contribution in [0.15, 0.2) is 24.3 Å². The second kappa shape index (κ2) is 5.27. The second-order valence-electron chi connectivity index (χ2n) is 4.66. The van der Waals surface area contributed by atoms with Crippen LogP contribution in [0.5, 0.6) is 0 Å². The van der Waals surface area contributed by atoms with Gasteiger partial charge in [-0.15, -0.1) is 0 Å². The van der Waals surface area contributed by atoms with E-state index in [0.717, 1.165) is 5.56 Å². The lowest BCUT2D eigenvalue weighted by atomic mass is 10.0. The number of likely N-dealkylation sites (N-methyl/N-ethyl adjacent to an activating group) is 2. The standard InChI is InChI=1S/C13H19FN2O/c1-13(2,15-3)12(17)16(4)9-10-5-7-11(14)8-6-10/h5-8,15H,9H2,1-4H3. The number of nitrogens with zero attached hydrogens (tertiary/aromatic N) is 1. The molecule has 1 rings (SSSR count). The molecule has 0 fully saturated rings. The Morgan fingerprint density at radius 3 is 2.35 bits per heavy atom. The second-order valence-corrected chi connectivity index (χ2v) is 4.66. The molecule has 0 aliphatic rings. The Balaban J connectivity index is 2.69. The van der Waals surface area contributed by atoms with E-state index in [4.69, 9.17) is 0 Å². The molecule has 94 valence electrons. The van der Waals surface area contributed by atoms with Gasteiger partial charge >= 0.3 is 0 Å². The molecular formula is C13H19FN2O. The average Bonchev–Trinajstić information content (AvgIpc) is 2.31. The van der Waals surface area contributed by atoms with Gasteiger partial charge in [-0.25, -0.2) is 4.39 Å². The third kappa shape index (κ3) is 3.53. The molecule has 1 aromatic rings. The molecule has 1 aromatic carbocycles. The number of carbonyl (C=O) groups excluding carboxylic acids is 1. The largest absolute Gasteiger partial charge is 0.340 e. The molecule has 0 aliphatic carbocycles. The number of hydrogen-bond acceptors (Lipinski definition) is 2. The van der Waals surface area contributed by atoms with E-state index >= 15 is 0 Å². The highest BCUT2D eigenvalue weighted by molar-refractivity contribution is 5.85. The minimum Gasteiger partial charge on any atom is -0.340 e. The molecule has 0 aromatic heterocycles. The molecular weight excluding hydrogens is 219 g/mol. The van der Waals surface area contributed by atoms with Crippen LogP contribution in [0, 0.1) is 5.82 Å². The number of amides is 1. The van der Waals surface area contributed by atoms with Gasteiger partial charge in [0.2, 0.25) is 5.91 Å². The lowest BCUT2D eigenvalue weighted by Gasteiger charge is -2.29. The molecule has 0 radical (unpaired) electrons. The fourth-order valence-electron chi connectivity index (χ4n) is 1.52. The zero-order chi connectivity index (χ0) is 13.1. The summed E-state index contributed by atoms with van der Waals surface area (Å²) in [5, 5.41) is 2.97. The van der Waals surface area contributed by atoms with Gasteiger partial charge in [0.05, 0.1) is 5.54 Å². The van der Waals surface area contributed by atoms with Gasteiger partial charge in [0.1, 0.15) is 5.82 Å². The van der Waals surface area contributed by atoms with Crippen LogP contribution in [-0.2, 0) is 11.3 Å². The molecule has 0 saturated heterocycles. The zero-order valence-corrected chi connectivity index (χ0v) is 10.7. The summed E-state index contributed by atoms with van der Waals surface area (Å²) < 4.78 is 12.7. The van der Waals surface area contributed by atoms with Gasteiger partial charge in [0, 0.05) is 13.6 Å². The Labute approximate surface area is 102 Å². The van der Waals surface area contributed by atoms with Crippen LogP contribution in [0.25, 0.3) is 0 Å². The summed E-state index contributed by atoms with van der Waals surface area (Å²) in [6, 6.07) is 6.17. The predicted molar refractivity (Wildman–Crippen MR) is 66.0 cm³/mol. The normalized spacial score (nSPS) is 11.4. The molecule has 0 spiro atoms. The van der Waals surface area contributed by atoms with Gasteiger partial charge in [-0.05, 0) is 38.6 Å². The summed E-state index contributed by atoms with van der Waals surface area (Å²) in [7, 11) is 3.49. The topological polar surface area (TPSA) is 32.3 Å². The smallest absolute Gasteiger partial charge is 0.242 e. The molecule has 0 unspecified atom stereocenters. The molecule has 1 amide bonds. The van der Waals surface area contributed by atoms with Crippen molar-refractivity contribution < 1.29 is 9.18 Å². The fraction of sp³-hybridized carbons (Fsp3) is 0.462. The summed E-state index contributed by atoms with van der Waals surface area (Å²) in [4.78, 5) is 13.7. The summed E-state index contributed by atoms with van der Waals surface area (Å²) in [6.45, 7) is 4.14. The number of halogens is 1. The minimum atomic E-state index is -0.589. The van der Waals surface area contributed by atoms with Crippen molar-refractivity contribution in [2.75, 3.05) is 14.1 Å². The van der Waals surface area contributed by atoms with Crippen LogP contribution >= 0.6 is 0 Å². The van der Waals surface area contributed by atoms with Crippen molar-refractivity contribution in [3.05, 3.63) is 35.6 Å². The fourth-order valence-corrected chi connectivity index (χ4v) is 1.52. The predicted octanol–water partition coefficient (Wildman–Crippen LogP) is 1.78. The molecule has 3 nitrogen and oxygen atoms in total. The molecule has 0 heterocycles. The molecule has 17 heavy (non-hydrogen) atoms. The third-order valence-corrected chi connectivity index (χ3v) is 2.84. The highest BCUT2D eigenvalue weighted by Crippen LogP contribution is 2.10. The van der Waals surface area contributed by atoms with Gasteiger partial charge in [-0.3, -0.25) is 4.79 Å². The first-order valence-electron chi connectivity index (χ1n) is 5.56. The van der Waals surface area contributed by atoms with Crippen LogP contribution in [0.1, 0.15) is 19.4 Å². The SMILES string of the molecule is CNC(C)(C)C(=O)N(C)Cc1ccc(F)cc1. The van der Waals surface area contributed by atoms with Gasteiger partial charge in [-0.1, -0.05) is 12.1 Å². The first-order valence-corrected chi connectivity index (χ1v) is 5.56. The van der Waals surface area contributed by atoms with Crippen molar-refractivity contribution in [1.82, 2.24) is 10.2 Å². The summed E-state index contributed by atoms with van der Waals surface area (Å²) in [6.07, 6.45) is 0. The van der Waals surface area contributed by atoms with E-state index in [1.165, 1.54) is 12.1 Å². The van der Waals surface area contributed by atoms with Gasteiger partial charge in [-0.2, -0.15) is 0 Å².